The molecule has 1 aliphatic carbocycles. The highest BCUT2D eigenvalue weighted by molar-refractivity contribution is 5.88. The van der Waals surface area contributed by atoms with Crippen LogP contribution in [-0.2, 0) is 53.5 Å². The zero-order chi connectivity index (χ0) is 26.5. The second-order valence-electron chi connectivity index (χ2n) is 8.82. The van der Waals surface area contributed by atoms with Crippen LogP contribution in [0.3, 0.4) is 0 Å². The van der Waals surface area contributed by atoms with Crippen LogP contribution < -0.4 is 4.74 Å². The van der Waals surface area contributed by atoms with Crippen molar-refractivity contribution >= 4 is 17.9 Å². The molecule has 13 nitrogen and oxygen atoms in total. The Morgan fingerprint density at radius 3 is 2.22 bits per heavy atom. The maximum absolute atomic E-state index is 10.3. The number of aryl methyl sites for hydroxylation is 2. The number of rotatable bonds is 9. The van der Waals surface area contributed by atoms with E-state index in [-0.39, 0.29) is 6.61 Å². The lowest BCUT2D eigenvalue weighted by Crippen LogP contribution is -2.42. The quantitative estimate of drug-likeness (QED) is 0.307. The number of nitrogens with zero attached hydrogens (tertiary/aromatic N) is 4. The first-order chi connectivity index (χ1) is 17.1. The van der Waals surface area contributed by atoms with Crippen molar-refractivity contribution in [1.29, 1.82) is 0 Å². The van der Waals surface area contributed by atoms with E-state index in [9.17, 15) is 19.5 Å². The summed E-state index contributed by atoms with van der Waals surface area (Å²) in [7, 11) is 1.75. The molecule has 0 saturated heterocycles. The van der Waals surface area contributed by atoms with Gasteiger partial charge in [0.15, 0.2) is 11.4 Å². The number of ether oxygens (including phenoxy) is 1. The highest BCUT2D eigenvalue weighted by Gasteiger charge is 2.40. The van der Waals surface area contributed by atoms with Gasteiger partial charge in [-0.15, -0.1) is 10.2 Å². The molecule has 13 heteroatoms. The van der Waals surface area contributed by atoms with Crippen molar-refractivity contribution in [3.63, 3.8) is 0 Å². The van der Waals surface area contributed by atoms with Crippen LogP contribution in [0.2, 0.25) is 0 Å². The number of benzene rings is 1. The average molecular weight is 507 g/mol. The molecule has 0 spiro atoms. The summed E-state index contributed by atoms with van der Waals surface area (Å²) in [6.07, 6.45) is 1.31. The molecule has 36 heavy (non-hydrogen) atoms. The standard InChI is InChI=1S/C17H22N4O2.C6H8O7/c1-23-15-8-13-4-2-3-12(13)7-14(15)9-20-5-6-21-16(10-20)18-19-17(21)11-22;7-3(8)1-6(13,5(11)12)2-4(9)10/h7-8,22H,2-6,9-11H2,1H3;13H,1-2H2,(H,7,8)(H,9,10)(H,11,12). The number of fused-ring (bicyclic) bond motifs is 2. The number of aliphatic hydroxyl groups is 2. The highest BCUT2D eigenvalue weighted by Crippen LogP contribution is 2.31. The Labute approximate surface area is 206 Å². The van der Waals surface area contributed by atoms with Crippen LogP contribution >= 0.6 is 0 Å². The SMILES string of the molecule is COc1cc2c(cc1CN1CCn3c(CO)nnc3C1)CCC2.O=C(O)CC(O)(CC(=O)O)C(=O)O. The Morgan fingerprint density at radius 1 is 1.03 bits per heavy atom. The van der Waals surface area contributed by atoms with Gasteiger partial charge in [-0.3, -0.25) is 14.5 Å². The second kappa shape index (κ2) is 11.5. The van der Waals surface area contributed by atoms with E-state index in [1.165, 1.54) is 36.0 Å². The Balaban J connectivity index is 0.000000240. The van der Waals surface area contributed by atoms with Crippen LogP contribution in [0.25, 0.3) is 0 Å². The molecule has 1 aromatic carbocycles. The summed E-state index contributed by atoms with van der Waals surface area (Å²) < 4.78 is 7.63. The summed E-state index contributed by atoms with van der Waals surface area (Å²) in [5, 5.41) is 51.3. The Kier molecular flexibility index (Phi) is 8.61. The molecule has 2 aromatic rings. The average Bonchev–Trinajstić information content (AvgIpc) is 3.43. The fourth-order valence-electron chi connectivity index (χ4n) is 4.44. The van der Waals surface area contributed by atoms with Gasteiger partial charge in [0, 0.05) is 25.2 Å². The molecule has 0 atom stereocenters. The van der Waals surface area contributed by atoms with Gasteiger partial charge >= 0.3 is 17.9 Å². The summed E-state index contributed by atoms with van der Waals surface area (Å²) in [6.45, 7) is 3.32. The number of hydrogen-bond acceptors (Lipinski definition) is 9. The van der Waals surface area contributed by atoms with Gasteiger partial charge in [-0.25, -0.2) is 4.79 Å². The maximum atomic E-state index is 10.3. The molecule has 1 aromatic heterocycles. The van der Waals surface area contributed by atoms with Crippen LogP contribution in [0.1, 0.15) is 47.6 Å². The zero-order valence-electron chi connectivity index (χ0n) is 19.9. The van der Waals surface area contributed by atoms with E-state index in [0.29, 0.717) is 5.82 Å². The number of methoxy groups -OCH3 is 1. The summed E-state index contributed by atoms with van der Waals surface area (Å²) in [6, 6.07) is 4.54. The summed E-state index contributed by atoms with van der Waals surface area (Å²) >= 11 is 0. The molecule has 0 amide bonds. The molecule has 4 rings (SSSR count). The minimum Gasteiger partial charge on any atom is -0.496 e. The predicted octanol–water partition coefficient (Wildman–Crippen LogP) is 0.0350. The number of carboxylic acid groups (broad SMARTS) is 3. The number of hydrogen-bond donors (Lipinski definition) is 5. The number of aliphatic hydroxyl groups excluding tert-OH is 1. The van der Waals surface area contributed by atoms with Gasteiger partial charge in [-0.1, -0.05) is 6.07 Å². The van der Waals surface area contributed by atoms with E-state index in [1.54, 1.807) is 7.11 Å². The first kappa shape index (κ1) is 27.0. The van der Waals surface area contributed by atoms with Gasteiger partial charge in [-0.05, 0) is 36.5 Å². The second-order valence-corrected chi connectivity index (χ2v) is 8.82. The fourth-order valence-corrected chi connectivity index (χ4v) is 4.44. The third-order valence-corrected chi connectivity index (χ3v) is 6.22. The number of carbonyl (C=O) groups is 3. The number of aliphatic carboxylic acids is 3. The van der Waals surface area contributed by atoms with E-state index in [4.69, 9.17) is 25.2 Å². The number of carboxylic acids is 3. The van der Waals surface area contributed by atoms with Crippen LogP contribution in [0.5, 0.6) is 5.75 Å². The van der Waals surface area contributed by atoms with E-state index >= 15 is 0 Å². The van der Waals surface area contributed by atoms with Crippen LogP contribution in [0, 0.1) is 0 Å². The van der Waals surface area contributed by atoms with Gasteiger partial charge in [0.05, 0.1) is 26.5 Å². The van der Waals surface area contributed by atoms with E-state index in [1.807, 2.05) is 4.57 Å². The fraction of sp³-hybridized carbons (Fsp3) is 0.522. The Bertz CT molecular complexity index is 1120. The van der Waals surface area contributed by atoms with E-state index < -0.39 is 36.4 Å². The van der Waals surface area contributed by atoms with Gasteiger partial charge in [-0.2, -0.15) is 0 Å². The minimum absolute atomic E-state index is 0.0500. The topological polar surface area (TPSA) is 196 Å². The molecular formula is C23H30N4O9. The largest absolute Gasteiger partial charge is 0.496 e. The first-order valence-corrected chi connectivity index (χ1v) is 11.4. The summed E-state index contributed by atoms with van der Waals surface area (Å²) in [4.78, 5) is 32.9. The van der Waals surface area contributed by atoms with Crippen molar-refractivity contribution in [3.05, 3.63) is 40.5 Å². The van der Waals surface area contributed by atoms with Crippen LogP contribution in [-0.4, -0.2) is 82.4 Å². The summed E-state index contributed by atoms with van der Waals surface area (Å²) in [5.41, 5.74) is 1.43. The van der Waals surface area contributed by atoms with Gasteiger partial charge < -0.3 is 34.8 Å². The number of aromatic nitrogens is 3. The molecule has 2 heterocycles. The van der Waals surface area contributed by atoms with Crippen molar-refractivity contribution in [2.24, 2.45) is 0 Å². The lowest BCUT2D eigenvalue weighted by atomic mass is 9.96. The molecule has 1 aliphatic heterocycles. The Morgan fingerprint density at radius 2 is 1.67 bits per heavy atom. The van der Waals surface area contributed by atoms with Crippen LogP contribution in [0.15, 0.2) is 12.1 Å². The lowest BCUT2D eigenvalue weighted by molar-refractivity contribution is -0.170. The molecule has 0 bridgehead atoms. The minimum atomic E-state index is -2.74. The predicted molar refractivity (Wildman–Crippen MR) is 122 cm³/mol. The first-order valence-electron chi connectivity index (χ1n) is 11.4. The highest BCUT2D eigenvalue weighted by atomic mass is 16.5. The third-order valence-electron chi connectivity index (χ3n) is 6.22. The lowest BCUT2D eigenvalue weighted by Gasteiger charge is -2.28. The monoisotopic (exact) mass is 506 g/mol. The van der Waals surface area contributed by atoms with Crippen molar-refractivity contribution in [3.8, 4) is 5.75 Å². The van der Waals surface area contributed by atoms with Crippen molar-refractivity contribution < 1.29 is 44.7 Å². The van der Waals surface area contributed by atoms with E-state index in [2.05, 4.69) is 27.2 Å². The molecule has 196 valence electrons. The normalized spacial score (nSPS) is 14.9. The third kappa shape index (κ3) is 6.36. The molecule has 0 radical (unpaired) electrons. The van der Waals surface area contributed by atoms with Crippen LogP contribution in [0.4, 0.5) is 0 Å². The van der Waals surface area contributed by atoms with Gasteiger partial charge in [0.2, 0.25) is 0 Å². The molecule has 5 N–H and O–H groups in total. The molecule has 2 aliphatic rings. The molecule has 0 saturated carbocycles. The molecule has 0 fully saturated rings. The van der Waals surface area contributed by atoms with Crippen molar-refractivity contribution in [1.82, 2.24) is 19.7 Å². The zero-order valence-corrected chi connectivity index (χ0v) is 19.9. The van der Waals surface area contributed by atoms with Gasteiger partial charge in [0.25, 0.3) is 0 Å². The maximum Gasteiger partial charge on any atom is 0.336 e. The van der Waals surface area contributed by atoms with E-state index in [0.717, 1.165) is 37.8 Å². The van der Waals surface area contributed by atoms with Crippen molar-refractivity contribution in [2.45, 2.75) is 63.9 Å². The smallest absolute Gasteiger partial charge is 0.336 e. The van der Waals surface area contributed by atoms with Gasteiger partial charge in [0.1, 0.15) is 18.2 Å². The molecule has 0 unspecified atom stereocenters. The summed E-state index contributed by atoms with van der Waals surface area (Å²) in [5.74, 6) is -2.43. The Hall–Kier alpha value is -3.55. The molecular weight excluding hydrogens is 476 g/mol. The van der Waals surface area contributed by atoms with Crippen molar-refractivity contribution in [2.75, 3.05) is 13.7 Å².